The van der Waals surface area contributed by atoms with E-state index in [1.165, 1.54) is 0 Å². The standard InChI is InChI=1S/C10H20O3/c1-3-6-12-8-9-13-7-4-5-10(2)11/h3-9H2,1-2H3. The second-order valence-electron chi connectivity index (χ2n) is 3.03. The van der Waals surface area contributed by atoms with Crippen LogP contribution in [0.4, 0.5) is 0 Å². The molecule has 3 heteroatoms. The molecule has 0 N–H and O–H groups in total. The van der Waals surface area contributed by atoms with Crippen molar-refractivity contribution in [3.63, 3.8) is 0 Å². The number of ether oxygens (including phenoxy) is 2. The number of hydrogen-bond donors (Lipinski definition) is 0. The summed E-state index contributed by atoms with van der Waals surface area (Å²) in [5, 5.41) is 0. The van der Waals surface area contributed by atoms with Gasteiger partial charge < -0.3 is 14.3 Å². The third kappa shape index (κ3) is 11.6. The van der Waals surface area contributed by atoms with Crippen LogP contribution in [-0.4, -0.2) is 32.2 Å². The molecule has 0 aromatic heterocycles. The second-order valence-corrected chi connectivity index (χ2v) is 3.03. The van der Waals surface area contributed by atoms with Gasteiger partial charge in [-0.2, -0.15) is 0 Å². The molecular weight excluding hydrogens is 168 g/mol. The van der Waals surface area contributed by atoms with Gasteiger partial charge in [0.05, 0.1) is 13.2 Å². The lowest BCUT2D eigenvalue weighted by Gasteiger charge is -2.03. The van der Waals surface area contributed by atoms with E-state index in [4.69, 9.17) is 9.47 Å². The van der Waals surface area contributed by atoms with Crippen molar-refractivity contribution in [2.45, 2.75) is 33.1 Å². The van der Waals surface area contributed by atoms with Gasteiger partial charge in [0.1, 0.15) is 5.78 Å². The fourth-order valence-corrected chi connectivity index (χ4v) is 0.889. The Morgan fingerprint density at radius 2 is 1.69 bits per heavy atom. The van der Waals surface area contributed by atoms with E-state index in [1.54, 1.807) is 6.92 Å². The number of carbonyl (C=O) groups excluding carboxylic acids is 1. The van der Waals surface area contributed by atoms with Crippen molar-refractivity contribution >= 4 is 5.78 Å². The Balaban J connectivity index is 2.87. The maximum absolute atomic E-state index is 10.5. The van der Waals surface area contributed by atoms with Gasteiger partial charge in [0, 0.05) is 19.6 Å². The molecule has 0 aromatic rings. The molecule has 0 aliphatic heterocycles. The van der Waals surface area contributed by atoms with Gasteiger partial charge in [0.2, 0.25) is 0 Å². The Morgan fingerprint density at radius 1 is 1.08 bits per heavy atom. The van der Waals surface area contributed by atoms with Crippen molar-refractivity contribution < 1.29 is 14.3 Å². The van der Waals surface area contributed by atoms with E-state index in [0.29, 0.717) is 26.2 Å². The molecule has 0 saturated carbocycles. The van der Waals surface area contributed by atoms with Crippen LogP contribution in [0.25, 0.3) is 0 Å². The van der Waals surface area contributed by atoms with Crippen LogP contribution in [0.2, 0.25) is 0 Å². The van der Waals surface area contributed by atoms with Gasteiger partial charge in [-0.15, -0.1) is 0 Å². The zero-order chi connectivity index (χ0) is 9.94. The normalized spacial score (nSPS) is 10.3. The summed E-state index contributed by atoms with van der Waals surface area (Å²) in [6, 6.07) is 0. The predicted molar refractivity (Wildman–Crippen MR) is 51.8 cm³/mol. The summed E-state index contributed by atoms with van der Waals surface area (Å²) in [6.45, 7) is 6.44. The largest absolute Gasteiger partial charge is 0.379 e. The summed E-state index contributed by atoms with van der Waals surface area (Å²) in [5.74, 6) is 0.228. The molecule has 0 saturated heterocycles. The lowest BCUT2D eigenvalue weighted by atomic mass is 10.2. The van der Waals surface area contributed by atoms with Crippen molar-refractivity contribution in [1.29, 1.82) is 0 Å². The first-order valence-electron chi connectivity index (χ1n) is 4.92. The van der Waals surface area contributed by atoms with E-state index in [9.17, 15) is 4.79 Å². The SMILES string of the molecule is CCCOCCOCCCC(C)=O. The van der Waals surface area contributed by atoms with Gasteiger partial charge in [0.15, 0.2) is 0 Å². The molecule has 0 aromatic carbocycles. The second kappa shape index (κ2) is 9.68. The van der Waals surface area contributed by atoms with Crippen LogP contribution in [0, 0.1) is 0 Å². The molecule has 0 fully saturated rings. The summed E-state index contributed by atoms with van der Waals surface area (Å²) in [7, 11) is 0. The van der Waals surface area contributed by atoms with Crippen molar-refractivity contribution in [3.8, 4) is 0 Å². The van der Waals surface area contributed by atoms with Gasteiger partial charge >= 0.3 is 0 Å². The molecule has 0 bridgehead atoms. The highest BCUT2D eigenvalue weighted by Crippen LogP contribution is 1.91. The number of ketones is 1. The van der Waals surface area contributed by atoms with E-state index < -0.39 is 0 Å². The van der Waals surface area contributed by atoms with E-state index in [-0.39, 0.29) is 5.78 Å². The molecule has 0 rings (SSSR count). The first kappa shape index (κ1) is 12.6. The Kier molecular flexibility index (Phi) is 9.37. The topological polar surface area (TPSA) is 35.5 Å². The van der Waals surface area contributed by atoms with Gasteiger partial charge in [-0.3, -0.25) is 0 Å². The molecule has 0 aliphatic rings. The van der Waals surface area contributed by atoms with Crippen LogP contribution in [0.5, 0.6) is 0 Å². The highest BCUT2D eigenvalue weighted by atomic mass is 16.5. The molecule has 78 valence electrons. The van der Waals surface area contributed by atoms with Gasteiger partial charge in [-0.1, -0.05) is 6.92 Å². The first-order chi connectivity index (χ1) is 6.27. The molecule has 13 heavy (non-hydrogen) atoms. The Hall–Kier alpha value is -0.410. The van der Waals surface area contributed by atoms with Crippen LogP contribution in [0.15, 0.2) is 0 Å². The molecule has 0 unspecified atom stereocenters. The Bertz CT molecular complexity index is 123. The molecule has 0 amide bonds. The van der Waals surface area contributed by atoms with Crippen LogP contribution in [-0.2, 0) is 14.3 Å². The fraction of sp³-hybridized carbons (Fsp3) is 0.900. The zero-order valence-corrected chi connectivity index (χ0v) is 8.67. The number of rotatable bonds is 9. The average Bonchev–Trinajstić information content (AvgIpc) is 2.09. The molecule has 3 nitrogen and oxygen atoms in total. The summed E-state index contributed by atoms with van der Waals surface area (Å²) in [4.78, 5) is 10.5. The highest BCUT2D eigenvalue weighted by molar-refractivity contribution is 5.75. The summed E-state index contributed by atoms with van der Waals surface area (Å²) in [5.41, 5.74) is 0. The lowest BCUT2D eigenvalue weighted by molar-refractivity contribution is -0.117. The van der Waals surface area contributed by atoms with Crippen LogP contribution < -0.4 is 0 Å². The number of Topliss-reactive ketones (excluding diaryl/α,β-unsaturated/α-hetero) is 1. The van der Waals surface area contributed by atoms with Gasteiger partial charge in [0.25, 0.3) is 0 Å². The fourth-order valence-electron chi connectivity index (χ4n) is 0.889. The van der Waals surface area contributed by atoms with Crippen molar-refractivity contribution in [2.24, 2.45) is 0 Å². The zero-order valence-electron chi connectivity index (χ0n) is 8.67. The predicted octanol–water partition coefficient (Wildman–Crippen LogP) is 1.80. The van der Waals surface area contributed by atoms with Crippen LogP contribution in [0.3, 0.4) is 0 Å². The third-order valence-electron chi connectivity index (χ3n) is 1.54. The van der Waals surface area contributed by atoms with Gasteiger partial charge in [-0.05, 0) is 19.8 Å². The minimum absolute atomic E-state index is 0.228. The monoisotopic (exact) mass is 188 g/mol. The van der Waals surface area contributed by atoms with Crippen molar-refractivity contribution in [1.82, 2.24) is 0 Å². The quantitative estimate of drug-likeness (QED) is 0.517. The van der Waals surface area contributed by atoms with E-state index in [0.717, 1.165) is 19.4 Å². The molecular formula is C10H20O3. The summed E-state index contributed by atoms with van der Waals surface area (Å²) >= 11 is 0. The van der Waals surface area contributed by atoms with Crippen molar-refractivity contribution in [3.05, 3.63) is 0 Å². The van der Waals surface area contributed by atoms with E-state index in [2.05, 4.69) is 6.92 Å². The summed E-state index contributed by atoms with van der Waals surface area (Å²) in [6.07, 6.45) is 2.49. The summed E-state index contributed by atoms with van der Waals surface area (Å²) < 4.78 is 10.5. The first-order valence-corrected chi connectivity index (χ1v) is 4.92. The smallest absolute Gasteiger partial charge is 0.129 e. The number of hydrogen-bond acceptors (Lipinski definition) is 3. The van der Waals surface area contributed by atoms with Crippen LogP contribution in [0.1, 0.15) is 33.1 Å². The van der Waals surface area contributed by atoms with Crippen molar-refractivity contribution in [2.75, 3.05) is 26.4 Å². The van der Waals surface area contributed by atoms with Crippen LogP contribution >= 0.6 is 0 Å². The molecule has 0 atom stereocenters. The third-order valence-corrected chi connectivity index (χ3v) is 1.54. The maximum Gasteiger partial charge on any atom is 0.129 e. The minimum atomic E-state index is 0.228. The van der Waals surface area contributed by atoms with E-state index >= 15 is 0 Å². The molecule has 0 aliphatic carbocycles. The number of carbonyl (C=O) groups is 1. The highest BCUT2D eigenvalue weighted by Gasteiger charge is 1.93. The molecule has 0 heterocycles. The molecule has 0 spiro atoms. The Morgan fingerprint density at radius 3 is 2.23 bits per heavy atom. The van der Waals surface area contributed by atoms with E-state index in [1.807, 2.05) is 0 Å². The van der Waals surface area contributed by atoms with Gasteiger partial charge in [-0.25, -0.2) is 0 Å². The lowest BCUT2D eigenvalue weighted by Crippen LogP contribution is -2.06. The molecule has 0 radical (unpaired) electrons. The minimum Gasteiger partial charge on any atom is -0.379 e. The Labute approximate surface area is 80.4 Å². The maximum atomic E-state index is 10.5. The average molecular weight is 188 g/mol.